The first-order valence-electron chi connectivity index (χ1n) is 5.09. The maximum Gasteiger partial charge on any atom is 0.108 e. The third kappa shape index (κ3) is 3.19. The second-order valence-electron chi connectivity index (χ2n) is 3.14. The summed E-state index contributed by atoms with van der Waals surface area (Å²) >= 11 is 0. The number of likely N-dealkylation sites (N-methyl/N-ethyl adjacent to an activating group) is 1. The first-order valence-corrected chi connectivity index (χ1v) is 5.09. The fourth-order valence-corrected chi connectivity index (χ4v) is 1.37. The largest absolute Gasteiger partial charge is 0.334 e. The molecule has 3 heteroatoms. The topological polar surface area (TPSA) is 29.9 Å². The highest BCUT2D eigenvalue weighted by molar-refractivity contribution is 4.92. The third-order valence-corrected chi connectivity index (χ3v) is 2.05. The van der Waals surface area contributed by atoms with Gasteiger partial charge in [-0.25, -0.2) is 4.98 Å². The summed E-state index contributed by atoms with van der Waals surface area (Å²) in [6.45, 7) is 7.41. The van der Waals surface area contributed by atoms with Gasteiger partial charge in [0.25, 0.3) is 0 Å². The van der Waals surface area contributed by atoms with E-state index >= 15 is 0 Å². The molecular formula is C10H19N3. The molecule has 1 heterocycles. The lowest BCUT2D eigenvalue weighted by Crippen LogP contribution is -2.19. The number of aryl methyl sites for hydroxylation is 1. The Morgan fingerprint density at radius 3 is 3.00 bits per heavy atom. The van der Waals surface area contributed by atoms with Crippen LogP contribution in [-0.2, 0) is 13.0 Å². The van der Waals surface area contributed by atoms with Gasteiger partial charge in [0, 0.05) is 31.9 Å². The lowest BCUT2D eigenvalue weighted by atomic mass is 10.3. The first kappa shape index (κ1) is 10.3. The van der Waals surface area contributed by atoms with Crippen LogP contribution in [0.5, 0.6) is 0 Å². The summed E-state index contributed by atoms with van der Waals surface area (Å²) in [5.41, 5.74) is 0. The van der Waals surface area contributed by atoms with Gasteiger partial charge in [0.2, 0.25) is 0 Å². The molecule has 1 aromatic rings. The van der Waals surface area contributed by atoms with Crippen molar-refractivity contribution in [2.75, 3.05) is 13.1 Å². The Labute approximate surface area is 80.2 Å². The first-order chi connectivity index (χ1) is 6.38. The van der Waals surface area contributed by atoms with E-state index in [1.807, 2.05) is 6.20 Å². The smallest absolute Gasteiger partial charge is 0.108 e. The van der Waals surface area contributed by atoms with E-state index in [2.05, 4.69) is 34.9 Å². The van der Waals surface area contributed by atoms with Crippen LogP contribution in [0, 0.1) is 0 Å². The maximum atomic E-state index is 4.32. The number of rotatable bonds is 6. The van der Waals surface area contributed by atoms with E-state index in [9.17, 15) is 0 Å². The molecule has 0 aliphatic rings. The molecule has 0 radical (unpaired) electrons. The SMILES string of the molecule is CCCc1nccn1CCNCC. The Balaban J connectivity index is 2.40. The van der Waals surface area contributed by atoms with Crippen LogP contribution in [0.2, 0.25) is 0 Å². The highest BCUT2D eigenvalue weighted by atomic mass is 15.1. The van der Waals surface area contributed by atoms with Crippen molar-refractivity contribution < 1.29 is 0 Å². The molecule has 0 aliphatic heterocycles. The van der Waals surface area contributed by atoms with Crippen molar-refractivity contribution in [1.82, 2.24) is 14.9 Å². The molecule has 1 rings (SSSR count). The molecule has 0 atom stereocenters. The van der Waals surface area contributed by atoms with Gasteiger partial charge in [-0.2, -0.15) is 0 Å². The number of imidazole rings is 1. The Bertz CT molecular complexity index is 230. The summed E-state index contributed by atoms with van der Waals surface area (Å²) in [4.78, 5) is 4.32. The standard InChI is InChI=1S/C10H19N3/c1-3-5-10-12-7-9-13(10)8-6-11-4-2/h7,9,11H,3-6,8H2,1-2H3. The van der Waals surface area contributed by atoms with E-state index < -0.39 is 0 Å². The third-order valence-electron chi connectivity index (χ3n) is 2.05. The van der Waals surface area contributed by atoms with E-state index in [-0.39, 0.29) is 0 Å². The van der Waals surface area contributed by atoms with E-state index in [4.69, 9.17) is 0 Å². The fraction of sp³-hybridized carbons (Fsp3) is 0.700. The van der Waals surface area contributed by atoms with Crippen molar-refractivity contribution >= 4 is 0 Å². The molecule has 0 aromatic carbocycles. The molecule has 74 valence electrons. The van der Waals surface area contributed by atoms with Gasteiger partial charge < -0.3 is 9.88 Å². The Kier molecular flexibility index (Phi) is 4.54. The van der Waals surface area contributed by atoms with Crippen LogP contribution >= 0.6 is 0 Å². The minimum atomic E-state index is 1.03. The monoisotopic (exact) mass is 181 g/mol. The fourth-order valence-electron chi connectivity index (χ4n) is 1.37. The minimum Gasteiger partial charge on any atom is -0.334 e. The van der Waals surface area contributed by atoms with Crippen LogP contribution in [0.15, 0.2) is 12.4 Å². The van der Waals surface area contributed by atoms with E-state index in [0.717, 1.165) is 32.5 Å². The van der Waals surface area contributed by atoms with Crippen LogP contribution in [0.1, 0.15) is 26.1 Å². The predicted molar refractivity (Wildman–Crippen MR) is 54.8 cm³/mol. The lowest BCUT2D eigenvalue weighted by Gasteiger charge is -2.06. The molecule has 0 saturated carbocycles. The summed E-state index contributed by atoms with van der Waals surface area (Å²) in [5.74, 6) is 1.21. The van der Waals surface area contributed by atoms with E-state index in [1.54, 1.807) is 0 Å². The molecular weight excluding hydrogens is 162 g/mol. The van der Waals surface area contributed by atoms with Crippen LogP contribution in [-0.4, -0.2) is 22.6 Å². The Morgan fingerprint density at radius 1 is 1.46 bits per heavy atom. The molecule has 0 aliphatic carbocycles. The van der Waals surface area contributed by atoms with Crippen LogP contribution in [0.25, 0.3) is 0 Å². The van der Waals surface area contributed by atoms with Crippen molar-refractivity contribution in [3.8, 4) is 0 Å². The molecule has 0 bridgehead atoms. The van der Waals surface area contributed by atoms with E-state index in [0.29, 0.717) is 0 Å². The molecule has 0 saturated heterocycles. The van der Waals surface area contributed by atoms with Crippen molar-refractivity contribution in [2.24, 2.45) is 0 Å². The molecule has 1 aromatic heterocycles. The second-order valence-corrected chi connectivity index (χ2v) is 3.14. The van der Waals surface area contributed by atoms with Gasteiger partial charge in [-0.3, -0.25) is 0 Å². The number of nitrogens with zero attached hydrogens (tertiary/aromatic N) is 2. The van der Waals surface area contributed by atoms with Gasteiger partial charge in [-0.05, 0) is 13.0 Å². The molecule has 13 heavy (non-hydrogen) atoms. The average molecular weight is 181 g/mol. The maximum absolute atomic E-state index is 4.32. The van der Waals surface area contributed by atoms with Crippen molar-refractivity contribution in [2.45, 2.75) is 33.2 Å². The minimum absolute atomic E-state index is 1.03. The van der Waals surface area contributed by atoms with Crippen LogP contribution < -0.4 is 5.32 Å². The Hall–Kier alpha value is -0.830. The summed E-state index contributed by atoms with van der Waals surface area (Å²) in [5, 5.41) is 3.31. The predicted octanol–water partition coefficient (Wildman–Crippen LogP) is 1.45. The number of hydrogen-bond donors (Lipinski definition) is 1. The number of nitrogens with one attached hydrogen (secondary N) is 1. The van der Waals surface area contributed by atoms with Crippen molar-refractivity contribution in [3.63, 3.8) is 0 Å². The lowest BCUT2D eigenvalue weighted by molar-refractivity contribution is 0.588. The van der Waals surface area contributed by atoms with Gasteiger partial charge in [0.05, 0.1) is 0 Å². The number of hydrogen-bond acceptors (Lipinski definition) is 2. The quantitative estimate of drug-likeness (QED) is 0.673. The Morgan fingerprint density at radius 2 is 2.31 bits per heavy atom. The van der Waals surface area contributed by atoms with Crippen LogP contribution in [0.3, 0.4) is 0 Å². The highest BCUT2D eigenvalue weighted by Gasteiger charge is 1.99. The normalized spacial score (nSPS) is 10.6. The summed E-state index contributed by atoms with van der Waals surface area (Å²) in [7, 11) is 0. The zero-order valence-corrected chi connectivity index (χ0v) is 8.58. The summed E-state index contributed by atoms with van der Waals surface area (Å²) in [6.07, 6.45) is 6.19. The van der Waals surface area contributed by atoms with Gasteiger partial charge in [-0.15, -0.1) is 0 Å². The van der Waals surface area contributed by atoms with Gasteiger partial charge in [-0.1, -0.05) is 13.8 Å². The van der Waals surface area contributed by atoms with Gasteiger partial charge >= 0.3 is 0 Å². The second kappa shape index (κ2) is 5.75. The number of aromatic nitrogens is 2. The molecule has 0 spiro atoms. The van der Waals surface area contributed by atoms with Crippen molar-refractivity contribution in [3.05, 3.63) is 18.2 Å². The summed E-state index contributed by atoms with van der Waals surface area (Å²) < 4.78 is 2.23. The van der Waals surface area contributed by atoms with Gasteiger partial charge in [0.15, 0.2) is 0 Å². The zero-order chi connectivity index (χ0) is 9.52. The molecule has 0 unspecified atom stereocenters. The van der Waals surface area contributed by atoms with Gasteiger partial charge in [0.1, 0.15) is 5.82 Å². The molecule has 1 N–H and O–H groups in total. The molecule has 3 nitrogen and oxygen atoms in total. The van der Waals surface area contributed by atoms with Crippen molar-refractivity contribution in [1.29, 1.82) is 0 Å². The van der Waals surface area contributed by atoms with E-state index in [1.165, 1.54) is 5.82 Å². The zero-order valence-electron chi connectivity index (χ0n) is 8.58. The molecule has 0 fully saturated rings. The highest BCUT2D eigenvalue weighted by Crippen LogP contribution is 2.00. The van der Waals surface area contributed by atoms with Crippen LogP contribution in [0.4, 0.5) is 0 Å². The average Bonchev–Trinajstić information content (AvgIpc) is 2.54. The summed E-state index contributed by atoms with van der Waals surface area (Å²) in [6, 6.07) is 0. The molecule has 0 amide bonds.